The van der Waals surface area contributed by atoms with Gasteiger partial charge in [-0.15, -0.1) is 0 Å². The Labute approximate surface area is 93.2 Å². The van der Waals surface area contributed by atoms with Gasteiger partial charge in [0.25, 0.3) is 5.91 Å². The molecule has 4 nitrogen and oxygen atoms in total. The smallest absolute Gasteiger partial charge is 0.251 e. The van der Waals surface area contributed by atoms with Gasteiger partial charge in [-0.05, 0) is 19.4 Å². The second-order valence-electron chi connectivity index (χ2n) is 4.27. The van der Waals surface area contributed by atoms with Crippen LogP contribution >= 0.6 is 0 Å². The molecule has 90 valence electrons. The Morgan fingerprint density at radius 2 is 2.07 bits per heavy atom. The highest BCUT2D eigenvalue weighted by atomic mass is 16.2. The van der Waals surface area contributed by atoms with Crippen LogP contribution in [0.3, 0.4) is 0 Å². The highest BCUT2D eigenvalue weighted by Gasteiger charge is 2.22. The Morgan fingerprint density at radius 3 is 2.47 bits per heavy atom. The molecule has 0 aromatic heterocycles. The largest absolute Gasteiger partial charge is 0.295 e. The molecule has 0 aliphatic carbocycles. The monoisotopic (exact) mass is 215 g/mol. The zero-order valence-electron chi connectivity index (χ0n) is 10.4. The molecule has 4 heteroatoms. The molecule has 0 saturated carbocycles. The van der Waals surface area contributed by atoms with Crippen molar-refractivity contribution < 1.29 is 4.79 Å². The van der Waals surface area contributed by atoms with Crippen molar-refractivity contribution in [1.29, 1.82) is 0 Å². The van der Waals surface area contributed by atoms with Crippen LogP contribution in [0.2, 0.25) is 0 Å². The molecular weight excluding hydrogens is 190 g/mol. The molecular formula is C11H25N3O. The number of nitrogens with one attached hydrogen (secondary N) is 1. The predicted octanol–water partition coefficient (Wildman–Crippen LogP) is 1.12. The molecule has 0 spiro atoms. The van der Waals surface area contributed by atoms with Crippen LogP contribution in [0.4, 0.5) is 0 Å². The molecule has 0 aliphatic heterocycles. The molecule has 2 atom stereocenters. The van der Waals surface area contributed by atoms with E-state index in [1.165, 1.54) is 0 Å². The van der Waals surface area contributed by atoms with Crippen LogP contribution in [-0.2, 0) is 4.79 Å². The molecule has 2 unspecified atom stereocenters. The number of nitrogens with zero attached hydrogens (tertiary/aromatic N) is 1. The normalized spacial score (nSPS) is 15.1. The molecule has 0 aromatic carbocycles. The summed E-state index contributed by atoms with van der Waals surface area (Å²) in [5, 5.41) is 0. The van der Waals surface area contributed by atoms with E-state index in [0.29, 0.717) is 5.92 Å². The highest BCUT2D eigenvalue weighted by Crippen LogP contribution is 2.10. The number of hydrazine groups is 1. The maximum atomic E-state index is 11.5. The van der Waals surface area contributed by atoms with E-state index in [9.17, 15) is 4.79 Å². The zero-order chi connectivity index (χ0) is 11.8. The summed E-state index contributed by atoms with van der Waals surface area (Å²) < 4.78 is 0. The van der Waals surface area contributed by atoms with Crippen molar-refractivity contribution in [3.8, 4) is 0 Å². The van der Waals surface area contributed by atoms with Crippen molar-refractivity contribution in [3.05, 3.63) is 0 Å². The molecule has 0 aromatic rings. The molecule has 0 saturated heterocycles. The van der Waals surface area contributed by atoms with Crippen LogP contribution in [0.1, 0.15) is 40.0 Å². The maximum absolute atomic E-state index is 11.5. The fraction of sp³-hybridized carbons (Fsp3) is 0.909. The molecule has 0 heterocycles. The predicted molar refractivity (Wildman–Crippen MR) is 63.1 cm³/mol. The number of hydrogen-bond acceptors (Lipinski definition) is 3. The minimum Gasteiger partial charge on any atom is -0.295 e. The zero-order valence-corrected chi connectivity index (χ0v) is 10.4. The first-order chi connectivity index (χ1) is 7.06. The minimum atomic E-state index is -0.0889. The standard InChI is InChI=1S/C11H25N3O/c1-5-7-10(11(15)13-12)14(4)8-9(3)6-2/h9-10H,5-8,12H2,1-4H3,(H,13,15). The van der Waals surface area contributed by atoms with Gasteiger partial charge in [-0.2, -0.15) is 0 Å². The third kappa shape index (κ3) is 5.14. The first-order valence-electron chi connectivity index (χ1n) is 5.77. The highest BCUT2D eigenvalue weighted by molar-refractivity contribution is 5.81. The summed E-state index contributed by atoms with van der Waals surface area (Å²) in [7, 11) is 1.99. The Bertz CT molecular complexity index is 185. The lowest BCUT2D eigenvalue weighted by molar-refractivity contribution is -0.126. The van der Waals surface area contributed by atoms with Crippen LogP contribution in [-0.4, -0.2) is 30.4 Å². The number of amides is 1. The quantitative estimate of drug-likeness (QED) is 0.380. The number of rotatable bonds is 7. The lowest BCUT2D eigenvalue weighted by Crippen LogP contribution is -2.48. The van der Waals surface area contributed by atoms with Crippen molar-refractivity contribution in [3.63, 3.8) is 0 Å². The van der Waals surface area contributed by atoms with Gasteiger partial charge in [0.05, 0.1) is 6.04 Å². The van der Waals surface area contributed by atoms with Crippen molar-refractivity contribution in [2.45, 2.75) is 46.1 Å². The summed E-state index contributed by atoms with van der Waals surface area (Å²) >= 11 is 0. The van der Waals surface area contributed by atoms with E-state index >= 15 is 0 Å². The molecule has 3 N–H and O–H groups in total. The SMILES string of the molecule is CCCC(C(=O)NN)N(C)CC(C)CC. The number of likely N-dealkylation sites (N-methyl/N-ethyl adjacent to an activating group) is 1. The molecule has 0 bridgehead atoms. The lowest BCUT2D eigenvalue weighted by Gasteiger charge is -2.28. The summed E-state index contributed by atoms with van der Waals surface area (Å²) in [5.74, 6) is 5.71. The number of carbonyl (C=O) groups is 1. The average Bonchev–Trinajstić information content (AvgIpc) is 2.24. The van der Waals surface area contributed by atoms with Crippen molar-refractivity contribution >= 4 is 5.91 Å². The topological polar surface area (TPSA) is 58.4 Å². The van der Waals surface area contributed by atoms with Crippen LogP contribution in [0.5, 0.6) is 0 Å². The van der Waals surface area contributed by atoms with Crippen molar-refractivity contribution in [2.24, 2.45) is 11.8 Å². The molecule has 0 rings (SSSR count). The van der Waals surface area contributed by atoms with E-state index in [4.69, 9.17) is 5.84 Å². The second-order valence-corrected chi connectivity index (χ2v) is 4.27. The Hall–Kier alpha value is -0.610. The van der Waals surface area contributed by atoms with Crippen LogP contribution in [0.15, 0.2) is 0 Å². The van der Waals surface area contributed by atoms with E-state index < -0.39 is 0 Å². The average molecular weight is 215 g/mol. The first kappa shape index (κ1) is 14.4. The summed E-state index contributed by atoms with van der Waals surface area (Å²) in [6.07, 6.45) is 2.98. The van der Waals surface area contributed by atoms with E-state index in [0.717, 1.165) is 25.8 Å². The Morgan fingerprint density at radius 1 is 1.47 bits per heavy atom. The maximum Gasteiger partial charge on any atom is 0.251 e. The Kier molecular flexibility index (Phi) is 7.34. The van der Waals surface area contributed by atoms with Crippen molar-refractivity contribution in [1.82, 2.24) is 10.3 Å². The third-order valence-corrected chi connectivity index (χ3v) is 2.84. The molecule has 15 heavy (non-hydrogen) atoms. The number of nitrogens with two attached hydrogens (primary N) is 1. The van der Waals surface area contributed by atoms with Gasteiger partial charge < -0.3 is 0 Å². The van der Waals surface area contributed by atoms with Crippen molar-refractivity contribution in [2.75, 3.05) is 13.6 Å². The van der Waals surface area contributed by atoms with Gasteiger partial charge in [-0.25, -0.2) is 5.84 Å². The molecule has 1 amide bonds. The molecule has 0 fully saturated rings. The Balaban J connectivity index is 4.27. The number of hydrogen-bond donors (Lipinski definition) is 2. The van der Waals surface area contributed by atoms with E-state index in [2.05, 4.69) is 31.1 Å². The summed E-state index contributed by atoms with van der Waals surface area (Å²) in [6.45, 7) is 7.37. The summed E-state index contributed by atoms with van der Waals surface area (Å²) in [4.78, 5) is 13.6. The van der Waals surface area contributed by atoms with Gasteiger partial charge in [0.2, 0.25) is 0 Å². The first-order valence-corrected chi connectivity index (χ1v) is 5.77. The van der Waals surface area contributed by atoms with Crippen LogP contribution in [0, 0.1) is 5.92 Å². The van der Waals surface area contributed by atoms with Gasteiger partial charge in [0.15, 0.2) is 0 Å². The fourth-order valence-electron chi connectivity index (χ4n) is 1.67. The summed E-state index contributed by atoms with van der Waals surface area (Å²) in [6, 6.07) is -0.0889. The third-order valence-electron chi connectivity index (χ3n) is 2.84. The number of carbonyl (C=O) groups excluding carboxylic acids is 1. The summed E-state index contributed by atoms with van der Waals surface area (Å²) in [5.41, 5.74) is 2.24. The van der Waals surface area contributed by atoms with Crippen LogP contribution < -0.4 is 11.3 Å². The van der Waals surface area contributed by atoms with E-state index in [-0.39, 0.29) is 11.9 Å². The van der Waals surface area contributed by atoms with E-state index in [1.54, 1.807) is 0 Å². The van der Waals surface area contributed by atoms with Gasteiger partial charge in [0, 0.05) is 6.54 Å². The molecule has 0 aliphatic rings. The van der Waals surface area contributed by atoms with Gasteiger partial charge in [0.1, 0.15) is 0 Å². The lowest BCUT2D eigenvalue weighted by atomic mass is 10.1. The minimum absolute atomic E-state index is 0.0809. The second kappa shape index (κ2) is 7.65. The van der Waals surface area contributed by atoms with Gasteiger partial charge in [-0.1, -0.05) is 33.6 Å². The molecule has 0 radical (unpaired) electrons. The van der Waals surface area contributed by atoms with Gasteiger partial charge >= 0.3 is 0 Å². The van der Waals surface area contributed by atoms with Gasteiger partial charge in [-0.3, -0.25) is 15.1 Å². The van der Waals surface area contributed by atoms with Crippen LogP contribution in [0.25, 0.3) is 0 Å². The van der Waals surface area contributed by atoms with E-state index in [1.807, 2.05) is 7.05 Å². The fourth-order valence-corrected chi connectivity index (χ4v) is 1.67.